The molecule has 1 amide bonds. The average Bonchev–Trinajstić information content (AvgIpc) is 2.92. The van der Waals surface area contributed by atoms with Crippen LogP contribution in [0.5, 0.6) is 11.5 Å². The van der Waals surface area contributed by atoms with Crippen LogP contribution < -0.4 is 15.2 Å². The van der Waals surface area contributed by atoms with E-state index in [2.05, 4.69) is 0 Å². The van der Waals surface area contributed by atoms with Gasteiger partial charge in [0.25, 0.3) is 0 Å². The van der Waals surface area contributed by atoms with Crippen molar-refractivity contribution in [1.82, 2.24) is 4.90 Å². The van der Waals surface area contributed by atoms with Crippen molar-refractivity contribution < 1.29 is 29.0 Å². The molecule has 1 aromatic carbocycles. The minimum absolute atomic E-state index is 0.107. The van der Waals surface area contributed by atoms with Gasteiger partial charge >= 0.3 is 5.97 Å². The Morgan fingerprint density at radius 3 is 2.68 bits per heavy atom. The number of carboxylic acid groups (broad SMARTS) is 1. The monoisotopic (exact) mass is 308 g/mol. The van der Waals surface area contributed by atoms with Crippen molar-refractivity contribution in [1.29, 1.82) is 0 Å². The van der Waals surface area contributed by atoms with E-state index in [1.54, 1.807) is 18.2 Å². The van der Waals surface area contributed by atoms with Gasteiger partial charge in [-0.25, -0.2) is 0 Å². The summed E-state index contributed by atoms with van der Waals surface area (Å²) in [6, 6.07) is 3.56. The molecule has 0 aromatic heterocycles. The van der Waals surface area contributed by atoms with Gasteiger partial charge in [0, 0.05) is 12.6 Å². The van der Waals surface area contributed by atoms with E-state index in [1.165, 1.54) is 7.05 Å². The molecule has 0 radical (unpaired) electrons. The third-order valence-electron chi connectivity index (χ3n) is 3.16. The topological polar surface area (TPSA) is 119 Å². The first kappa shape index (κ1) is 15.8. The van der Waals surface area contributed by atoms with E-state index in [0.29, 0.717) is 17.1 Å². The molecule has 22 heavy (non-hydrogen) atoms. The van der Waals surface area contributed by atoms with Crippen LogP contribution in [0, 0.1) is 0 Å². The Hall–Kier alpha value is -2.61. The molecule has 1 heterocycles. The number of Topliss-reactive ketones (excluding diaryl/α,β-unsaturated/α-hetero) is 1. The van der Waals surface area contributed by atoms with Crippen LogP contribution in [0.4, 0.5) is 0 Å². The molecule has 118 valence electrons. The lowest BCUT2D eigenvalue weighted by Crippen LogP contribution is -2.44. The van der Waals surface area contributed by atoms with Crippen LogP contribution in [-0.4, -0.2) is 54.1 Å². The number of benzene rings is 1. The number of carboxylic acids is 1. The van der Waals surface area contributed by atoms with Crippen molar-refractivity contribution >= 4 is 17.7 Å². The number of amides is 1. The maximum Gasteiger partial charge on any atom is 0.305 e. The number of carbonyl (C=O) groups is 3. The Morgan fingerprint density at radius 2 is 2.00 bits per heavy atom. The van der Waals surface area contributed by atoms with Crippen LogP contribution in [-0.2, 0) is 9.59 Å². The number of ketones is 1. The highest BCUT2D eigenvalue weighted by Crippen LogP contribution is 2.32. The molecule has 3 N–H and O–H groups in total. The number of likely N-dealkylation sites (N-methyl/N-ethyl adjacent to an activating group) is 1. The zero-order chi connectivity index (χ0) is 16.3. The smallest absolute Gasteiger partial charge is 0.305 e. The van der Waals surface area contributed by atoms with E-state index in [4.69, 9.17) is 20.3 Å². The van der Waals surface area contributed by atoms with E-state index < -0.39 is 24.3 Å². The van der Waals surface area contributed by atoms with E-state index in [1.807, 2.05) is 0 Å². The second-order valence-corrected chi connectivity index (χ2v) is 4.89. The molecule has 0 aliphatic carbocycles. The van der Waals surface area contributed by atoms with Gasteiger partial charge in [0.2, 0.25) is 12.7 Å². The van der Waals surface area contributed by atoms with E-state index in [0.717, 1.165) is 4.90 Å². The second-order valence-electron chi connectivity index (χ2n) is 4.89. The van der Waals surface area contributed by atoms with Gasteiger partial charge in [-0.1, -0.05) is 0 Å². The van der Waals surface area contributed by atoms with Gasteiger partial charge < -0.3 is 25.2 Å². The van der Waals surface area contributed by atoms with Crippen LogP contribution in [0.25, 0.3) is 0 Å². The zero-order valence-electron chi connectivity index (χ0n) is 11.9. The summed E-state index contributed by atoms with van der Waals surface area (Å²) in [5.41, 5.74) is 5.86. The normalized spacial score (nSPS) is 13.5. The summed E-state index contributed by atoms with van der Waals surface area (Å²) in [5, 5.41) is 8.62. The highest BCUT2D eigenvalue weighted by atomic mass is 16.7. The van der Waals surface area contributed by atoms with E-state index in [-0.39, 0.29) is 19.1 Å². The molecule has 0 spiro atoms. The molecule has 2 rings (SSSR count). The molecule has 8 nitrogen and oxygen atoms in total. The van der Waals surface area contributed by atoms with Gasteiger partial charge in [-0.3, -0.25) is 14.4 Å². The van der Waals surface area contributed by atoms with Crippen LogP contribution in [0.3, 0.4) is 0 Å². The molecule has 0 saturated heterocycles. The lowest BCUT2D eigenvalue weighted by molar-refractivity contribution is -0.141. The number of fused-ring (bicyclic) bond motifs is 1. The number of hydrogen-bond donors (Lipinski definition) is 2. The van der Waals surface area contributed by atoms with Crippen molar-refractivity contribution in [3.05, 3.63) is 23.8 Å². The molecule has 0 saturated carbocycles. The summed E-state index contributed by atoms with van der Waals surface area (Å²) in [7, 11) is 1.40. The number of ether oxygens (including phenoxy) is 2. The molecule has 1 atom stereocenters. The highest BCUT2D eigenvalue weighted by molar-refractivity contribution is 6.00. The van der Waals surface area contributed by atoms with E-state index >= 15 is 0 Å². The summed E-state index contributed by atoms with van der Waals surface area (Å²) in [5.74, 6) is -1.05. The van der Waals surface area contributed by atoms with Crippen molar-refractivity contribution in [3.8, 4) is 11.5 Å². The number of hydrogen-bond acceptors (Lipinski definition) is 6. The maximum absolute atomic E-state index is 12.2. The molecule has 1 aromatic rings. The number of nitrogens with two attached hydrogens (primary N) is 1. The number of nitrogens with zero attached hydrogens (tertiary/aromatic N) is 1. The first-order chi connectivity index (χ1) is 10.4. The van der Waals surface area contributed by atoms with Gasteiger partial charge in [0.15, 0.2) is 17.3 Å². The fourth-order valence-corrected chi connectivity index (χ4v) is 2.01. The van der Waals surface area contributed by atoms with Crippen LogP contribution >= 0.6 is 0 Å². The van der Waals surface area contributed by atoms with Gasteiger partial charge in [0.1, 0.15) is 0 Å². The summed E-state index contributed by atoms with van der Waals surface area (Å²) < 4.78 is 10.3. The fraction of sp³-hybridized carbons (Fsp3) is 0.357. The minimum atomic E-state index is -1.17. The summed E-state index contributed by atoms with van der Waals surface area (Å²) >= 11 is 0. The summed E-state index contributed by atoms with van der Waals surface area (Å²) in [4.78, 5) is 35.7. The lowest BCUT2D eigenvalue weighted by Gasteiger charge is -2.19. The predicted molar refractivity (Wildman–Crippen MR) is 74.8 cm³/mol. The van der Waals surface area contributed by atoms with Gasteiger partial charge in [-0.15, -0.1) is 0 Å². The molecule has 1 unspecified atom stereocenters. The molecule has 0 bridgehead atoms. The molecule has 0 fully saturated rings. The van der Waals surface area contributed by atoms with Crippen molar-refractivity contribution in [2.45, 2.75) is 12.5 Å². The number of carbonyl (C=O) groups excluding carboxylic acids is 2. The van der Waals surface area contributed by atoms with Crippen molar-refractivity contribution in [2.24, 2.45) is 5.73 Å². The minimum Gasteiger partial charge on any atom is -0.481 e. The SMILES string of the molecule is CN(CC(=O)c1ccc2c(c1)OCO2)C(=O)C(N)CC(=O)O. The Morgan fingerprint density at radius 1 is 1.32 bits per heavy atom. The fourth-order valence-electron chi connectivity index (χ4n) is 2.01. The standard InChI is InChI=1S/C14H16N2O6/c1-16(14(20)9(15)5-13(18)19)6-10(17)8-2-3-11-12(4-8)22-7-21-11/h2-4,9H,5-7,15H2,1H3,(H,18,19). The van der Waals surface area contributed by atoms with Crippen molar-refractivity contribution in [3.63, 3.8) is 0 Å². The first-order valence-corrected chi connectivity index (χ1v) is 6.53. The van der Waals surface area contributed by atoms with Gasteiger partial charge in [0.05, 0.1) is 19.0 Å². The van der Waals surface area contributed by atoms with Gasteiger partial charge in [-0.2, -0.15) is 0 Å². The third-order valence-corrected chi connectivity index (χ3v) is 3.16. The summed E-state index contributed by atoms with van der Waals surface area (Å²) in [6.07, 6.45) is -0.485. The van der Waals surface area contributed by atoms with Crippen molar-refractivity contribution in [2.75, 3.05) is 20.4 Å². The number of rotatable bonds is 6. The quantitative estimate of drug-likeness (QED) is 0.702. The molecular weight excluding hydrogens is 292 g/mol. The van der Waals surface area contributed by atoms with Crippen LogP contribution in [0.2, 0.25) is 0 Å². The highest BCUT2D eigenvalue weighted by Gasteiger charge is 2.23. The molecule has 8 heteroatoms. The first-order valence-electron chi connectivity index (χ1n) is 6.53. The summed E-state index contributed by atoms with van der Waals surface area (Å²) in [6.45, 7) is -0.0960. The molecule has 1 aliphatic heterocycles. The Labute approximate surface area is 126 Å². The third kappa shape index (κ3) is 3.53. The van der Waals surface area contributed by atoms with Crippen LogP contribution in [0.1, 0.15) is 16.8 Å². The molecule has 1 aliphatic rings. The predicted octanol–water partition coefficient (Wildman–Crippen LogP) is -0.142. The Balaban J connectivity index is 1.99. The molecular formula is C14H16N2O6. The largest absolute Gasteiger partial charge is 0.481 e. The maximum atomic E-state index is 12.2. The zero-order valence-corrected chi connectivity index (χ0v) is 11.9. The van der Waals surface area contributed by atoms with E-state index in [9.17, 15) is 14.4 Å². The Kier molecular flexibility index (Phi) is 4.62. The lowest BCUT2D eigenvalue weighted by atomic mass is 10.1. The second kappa shape index (κ2) is 6.44. The van der Waals surface area contributed by atoms with Crippen LogP contribution in [0.15, 0.2) is 18.2 Å². The van der Waals surface area contributed by atoms with Gasteiger partial charge in [-0.05, 0) is 18.2 Å². The number of aliphatic carboxylic acids is 1. The average molecular weight is 308 g/mol. The Bertz CT molecular complexity index is 615.